The molecule has 16 heavy (non-hydrogen) atoms. The summed E-state index contributed by atoms with van der Waals surface area (Å²) in [5.41, 5.74) is 2.92. The van der Waals surface area contributed by atoms with Crippen molar-refractivity contribution in [2.24, 2.45) is 12.9 Å². The average Bonchev–Trinajstić information content (AvgIpc) is 2.73. The van der Waals surface area contributed by atoms with E-state index in [1.165, 1.54) is 11.5 Å². The molecule has 0 aromatic carbocycles. The number of nitrogens with one attached hydrogen (secondary N) is 1. The predicted molar refractivity (Wildman–Crippen MR) is 69.4 cm³/mol. The molecule has 1 saturated heterocycles. The second-order valence-electron chi connectivity index (χ2n) is 3.76. The van der Waals surface area contributed by atoms with Crippen molar-refractivity contribution in [1.82, 2.24) is 20.2 Å². The number of nitrogens with two attached hydrogens (primary N) is 1. The molecular formula is C9H17N5S2. The molecule has 0 aliphatic carbocycles. The van der Waals surface area contributed by atoms with Crippen LogP contribution in [0, 0.1) is 0 Å². The van der Waals surface area contributed by atoms with Crippen molar-refractivity contribution in [2.75, 3.05) is 17.3 Å². The molecule has 1 aromatic rings. The van der Waals surface area contributed by atoms with Gasteiger partial charge in [-0.25, -0.2) is 4.98 Å². The molecule has 5 nitrogen and oxygen atoms in total. The zero-order valence-electron chi connectivity index (χ0n) is 9.30. The average molecular weight is 259 g/mol. The van der Waals surface area contributed by atoms with Crippen LogP contribution in [0.25, 0.3) is 0 Å². The molecule has 2 heterocycles. The van der Waals surface area contributed by atoms with Crippen LogP contribution in [0.15, 0.2) is 6.33 Å². The quantitative estimate of drug-likeness (QED) is 0.588. The highest BCUT2D eigenvalue weighted by molar-refractivity contribution is 8.06. The third-order valence-electron chi connectivity index (χ3n) is 2.71. The minimum Gasteiger partial charge on any atom is -0.271 e. The lowest BCUT2D eigenvalue weighted by atomic mass is 10.1. The Morgan fingerprint density at radius 3 is 3.12 bits per heavy atom. The molecular weight excluding hydrogens is 242 g/mol. The highest BCUT2D eigenvalue weighted by Crippen LogP contribution is 2.27. The Balaban J connectivity index is 1.97. The molecule has 1 aliphatic heterocycles. The molecule has 2 rings (SSSR count). The zero-order valence-corrected chi connectivity index (χ0v) is 10.9. The third-order valence-corrected chi connectivity index (χ3v) is 5.63. The van der Waals surface area contributed by atoms with Crippen LogP contribution in [-0.2, 0) is 13.5 Å². The van der Waals surface area contributed by atoms with E-state index in [2.05, 4.69) is 15.5 Å². The van der Waals surface area contributed by atoms with E-state index in [1.54, 1.807) is 6.33 Å². The maximum atomic E-state index is 5.64. The van der Waals surface area contributed by atoms with Gasteiger partial charge in [0.15, 0.2) is 0 Å². The monoisotopic (exact) mass is 259 g/mol. The van der Waals surface area contributed by atoms with Crippen LogP contribution in [-0.4, -0.2) is 43.3 Å². The van der Waals surface area contributed by atoms with Gasteiger partial charge in [0.1, 0.15) is 12.2 Å². The lowest BCUT2D eigenvalue weighted by Crippen LogP contribution is -2.46. The second kappa shape index (κ2) is 5.90. The molecule has 1 aliphatic rings. The van der Waals surface area contributed by atoms with Crippen LogP contribution in [0.5, 0.6) is 0 Å². The Hall–Kier alpha value is -0.240. The summed E-state index contributed by atoms with van der Waals surface area (Å²) in [6, 6.07) is 0.278. The summed E-state index contributed by atoms with van der Waals surface area (Å²) in [5, 5.41) is 4.64. The largest absolute Gasteiger partial charge is 0.271 e. The molecule has 1 aromatic heterocycles. The van der Waals surface area contributed by atoms with Crippen molar-refractivity contribution in [1.29, 1.82) is 0 Å². The van der Waals surface area contributed by atoms with Gasteiger partial charge in [-0.3, -0.25) is 16.0 Å². The molecule has 2 unspecified atom stereocenters. The summed E-state index contributed by atoms with van der Waals surface area (Å²) in [5.74, 6) is 10.3. The number of hydrazine groups is 1. The fraction of sp³-hybridized carbons (Fsp3) is 0.778. The van der Waals surface area contributed by atoms with Gasteiger partial charge in [0.05, 0.1) is 0 Å². The number of nitrogens with zero attached hydrogens (tertiary/aromatic N) is 3. The van der Waals surface area contributed by atoms with Crippen molar-refractivity contribution in [3.8, 4) is 0 Å². The Kier molecular flexibility index (Phi) is 4.51. The van der Waals surface area contributed by atoms with Gasteiger partial charge < -0.3 is 0 Å². The minimum absolute atomic E-state index is 0.278. The Bertz CT molecular complexity index is 323. The molecule has 90 valence electrons. The van der Waals surface area contributed by atoms with E-state index in [0.29, 0.717) is 5.25 Å². The van der Waals surface area contributed by atoms with Crippen LogP contribution in [0.2, 0.25) is 0 Å². The highest BCUT2D eigenvalue weighted by atomic mass is 32.2. The molecule has 2 atom stereocenters. The van der Waals surface area contributed by atoms with Crippen molar-refractivity contribution in [3.63, 3.8) is 0 Å². The standard InChI is InChI=1S/C9H17N5S2/c1-14-9(11-6-12-14)4-7(13-10)8-5-15-2-3-16-8/h6-8,13H,2-5,10H2,1H3. The summed E-state index contributed by atoms with van der Waals surface area (Å²) < 4.78 is 1.81. The van der Waals surface area contributed by atoms with Gasteiger partial charge in [0.25, 0.3) is 0 Å². The first-order valence-electron chi connectivity index (χ1n) is 5.29. The first kappa shape index (κ1) is 12.2. The Labute approximate surface area is 104 Å². The van der Waals surface area contributed by atoms with Gasteiger partial charge in [0.2, 0.25) is 0 Å². The molecule has 0 bridgehead atoms. The van der Waals surface area contributed by atoms with Crippen molar-refractivity contribution in [3.05, 3.63) is 12.2 Å². The summed E-state index contributed by atoms with van der Waals surface area (Å²) in [7, 11) is 1.92. The summed E-state index contributed by atoms with van der Waals surface area (Å²) in [6.45, 7) is 0. The molecule has 0 radical (unpaired) electrons. The SMILES string of the molecule is Cn1ncnc1CC(NN)C1CSCCS1. The molecule has 0 spiro atoms. The summed E-state index contributed by atoms with van der Waals surface area (Å²) in [4.78, 5) is 4.24. The minimum atomic E-state index is 0.278. The first-order chi connectivity index (χ1) is 7.81. The number of rotatable bonds is 4. The number of aryl methyl sites for hydroxylation is 1. The smallest absolute Gasteiger partial charge is 0.138 e. The lowest BCUT2D eigenvalue weighted by molar-refractivity contribution is 0.500. The number of aromatic nitrogens is 3. The van der Waals surface area contributed by atoms with Gasteiger partial charge >= 0.3 is 0 Å². The van der Waals surface area contributed by atoms with Crippen molar-refractivity contribution < 1.29 is 0 Å². The van der Waals surface area contributed by atoms with Gasteiger partial charge in [-0.1, -0.05) is 0 Å². The normalized spacial score (nSPS) is 23.2. The zero-order chi connectivity index (χ0) is 11.4. The van der Waals surface area contributed by atoms with E-state index >= 15 is 0 Å². The van der Waals surface area contributed by atoms with Crippen LogP contribution in [0.4, 0.5) is 0 Å². The second-order valence-corrected chi connectivity index (χ2v) is 6.26. The Morgan fingerprint density at radius 1 is 1.69 bits per heavy atom. The third kappa shape index (κ3) is 2.91. The van der Waals surface area contributed by atoms with Gasteiger partial charge in [-0.15, -0.1) is 0 Å². The van der Waals surface area contributed by atoms with Gasteiger partial charge in [-0.05, 0) is 0 Å². The predicted octanol–water partition coefficient (Wildman–Crippen LogP) is 0.0381. The fourth-order valence-electron chi connectivity index (χ4n) is 1.74. The summed E-state index contributed by atoms with van der Waals surface area (Å²) >= 11 is 4.01. The van der Waals surface area contributed by atoms with E-state index in [0.717, 1.165) is 18.0 Å². The topological polar surface area (TPSA) is 68.8 Å². The van der Waals surface area contributed by atoms with E-state index in [4.69, 9.17) is 5.84 Å². The van der Waals surface area contributed by atoms with E-state index in [9.17, 15) is 0 Å². The molecule has 1 fully saturated rings. The van der Waals surface area contributed by atoms with Gasteiger partial charge in [0, 0.05) is 42.0 Å². The number of hydrogen-bond acceptors (Lipinski definition) is 6. The van der Waals surface area contributed by atoms with Crippen LogP contribution in [0.1, 0.15) is 5.82 Å². The molecule has 0 saturated carbocycles. The maximum absolute atomic E-state index is 5.64. The first-order valence-corrected chi connectivity index (χ1v) is 7.50. The van der Waals surface area contributed by atoms with Crippen LogP contribution >= 0.6 is 23.5 Å². The fourth-order valence-corrected chi connectivity index (χ4v) is 4.61. The van der Waals surface area contributed by atoms with E-state index < -0.39 is 0 Å². The highest BCUT2D eigenvalue weighted by Gasteiger charge is 2.25. The summed E-state index contributed by atoms with van der Waals surface area (Å²) in [6.07, 6.45) is 2.43. The van der Waals surface area contributed by atoms with Crippen LogP contribution < -0.4 is 11.3 Å². The Morgan fingerprint density at radius 2 is 2.56 bits per heavy atom. The number of thioether (sulfide) groups is 2. The molecule has 0 amide bonds. The van der Waals surface area contributed by atoms with Crippen LogP contribution in [0.3, 0.4) is 0 Å². The molecule has 3 N–H and O–H groups in total. The van der Waals surface area contributed by atoms with E-state index in [1.807, 2.05) is 35.3 Å². The lowest BCUT2D eigenvalue weighted by Gasteiger charge is -2.28. The van der Waals surface area contributed by atoms with Crippen molar-refractivity contribution >= 4 is 23.5 Å². The van der Waals surface area contributed by atoms with E-state index in [-0.39, 0.29) is 6.04 Å². The number of hydrogen-bond donors (Lipinski definition) is 2. The molecule has 7 heteroatoms. The van der Waals surface area contributed by atoms with Crippen molar-refractivity contribution in [2.45, 2.75) is 17.7 Å². The maximum Gasteiger partial charge on any atom is 0.138 e. The van der Waals surface area contributed by atoms with Gasteiger partial charge in [-0.2, -0.15) is 28.6 Å².